The topological polar surface area (TPSA) is 248 Å². The Hall–Kier alpha value is -0.600. The van der Waals surface area contributed by atoms with Gasteiger partial charge in [-0.1, -0.05) is 0 Å². The predicted octanol–water partition coefficient (Wildman–Crippen LogP) is -6.93. The lowest BCUT2D eigenvalue weighted by atomic mass is 10.1. The standard InChI is InChI=1S/C17H30O15/c18-1-4(20)13-9(23)12(26)16(32-13)28-3-6(14-8(22)10(24)15(27)31-14)30-17-11(25)7(21)5(2-19)29-17/h4-27H,1-3H2/t4-,5-,6-,7-,8-,9-,10-,11+,12-,13+,14+,15-,16-,17-/m1/s1. The summed E-state index contributed by atoms with van der Waals surface area (Å²) in [4.78, 5) is 0. The zero-order chi connectivity index (χ0) is 23.7. The van der Waals surface area contributed by atoms with E-state index in [-0.39, 0.29) is 0 Å². The Labute approximate surface area is 181 Å². The Balaban J connectivity index is 1.69. The van der Waals surface area contributed by atoms with Crippen molar-refractivity contribution in [1.82, 2.24) is 0 Å². The van der Waals surface area contributed by atoms with E-state index in [0.29, 0.717) is 0 Å². The zero-order valence-electron chi connectivity index (χ0n) is 16.7. The minimum Gasteiger partial charge on any atom is -0.394 e. The molecule has 0 aliphatic carbocycles. The summed E-state index contributed by atoms with van der Waals surface area (Å²) in [6.07, 6.45) is -21.4. The SMILES string of the molecule is OC[C@@H](O)[C@@H]1O[C@@H](OC[C@@H](O[C@H]2O[C@H](CO)[C@@H](O)[C@@H]2O)[C@@H]2O[C@@H](O)[C@H](O)[C@H]2O)[C@H](O)[C@H]1O. The molecule has 3 aliphatic rings. The van der Waals surface area contributed by atoms with Crippen LogP contribution in [-0.2, 0) is 23.7 Å². The van der Waals surface area contributed by atoms with Crippen LogP contribution in [0.4, 0.5) is 0 Å². The third kappa shape index (κ3) is 5.07. The number of aliphatic hydroxyl groups is 10. The highest BCUT2D eigenvalue weighted by atomic mass is 16.7. The van der Waals surface area contributed by atoms with Crippen molar-refractivity contribution in [2.45, 2.75) is 86.0 Å². The van der Waals surface area contributed by atoms with Gasteiger partial charge in [0.2, 0.25) is 0 Å². The van der Waals surface area contributed by atoms with Crippen LogP contribution in [0.2, 0.25) is 0 Å². The van der Waals surface area contributed by atoms with E-state index in [1.165, 1.54) is 0 Å². The van der Waals surface area contributed by atoms with E-state index in [4.69, 9.17) is 28.8 Å². The highest BCUT2D eigenvalue weighted by molar-refractivity contribution is 4.94. The minimum atomic E-state index is -1.77. The van der Waals surface area contributed by atoms with Gasteiger partial charge in [0.1, 0.15) is 67.1 Å². The van der Waals surface area contributed by atoms with Crippen LogP contribution in [0, 0.1) is 0 Å². The van der Waals surface area contributed by atoms with Crippen LogP contribution in [0.3, 0.4) is 0 Å². The lowest BCUT2D eigenvalue weighted by molar-refractivity contribution is -0.257. The second-order valence-corrected chi connectivity index (χ2v) is 7.89. The molecule has 15 heteroatoms. The van der Waals surface area contributed by atoms with Crippen molar-refractivity contribution in [3.8, 4) is 0 Å². The minimum absolute atomic E-state index is 0.579. The van der Waals surface area contributed by atoms with Crippen LogP contribution in [0.15, 0.2) is 0 Å². The smallest absolute Gasteiger partial charge is 0.187 e. The first kappa shape index (κ1) is 26.0. The number of aliphatic hydroxyl groups excluding tert-OH is 10. The molecule has 3 aliphatic heterocycles. The molecular weight excluding hydrogens is 444 g/mol. The largest absolute Gasteiger partial charge is 0.394 e. The molecule has 3 heterocycles. The Morgan fingerprint density at radius 3 is 1.84 bits per heavy atom. The van der Waals surface area contributed by atoms with Gasteiger partial charge in [-0.15, -0.1) is 0 Å². The van der Waals surface area contributed by atoms with Crippen molar-refractivity contribution in [2.24, 2.45) is 0 Å². The molecule has 0 aromatic heterocycles. The number of hydrogen-bond donors (Lipinski definition) is 10. The van der Waals surface area contributed by atoms with Crippen molar-refractivity contribution in [1.29, 1.82) is 0 Å². The van der Waals surface area contributed by atoms with Crippen molar-refractivity contribution < 1.29 is 74.7 Å². The fourth-order valence-corrected chi connectivity index (χ4v) is 3.78. The van der Waals surface area contributed by atoms with Crippen LogP contribution in [0.5, 0.6) is 0 Å². The Bertz CT molecular complexity index is 596. The summed E-state index contributed by atoms with van der Waals surface area (Å²) in [6, 6.07) is 0. The van der Waals surface area contributed by atoms with Crippen LogP contribution < -0.4 is 0 Å². The summed E-state index contributed by atoms with van der Waals surface area (Å²) in [5.74, 6) is 0. The van der Waals surface area contributed by atoms with Gasteiger partial charge in [-0.05, 0) is 0 Å². The second-order valence-electron chi connectivity index (χ2n) is 7.89. The number of hydrogen-bond acceptors (Lipinski definition) is 15. The molecule has 0 saturated carbocycles. The second kappa shape index (κ2) is 10.8. The average Bonchev–Trinajstić information content (AvgIpc) is 3.32. The first-order chi connectivity index (χ1) is 15.1. The van der Waals surface area contributed by atoms with Gasteiger partial charge in [-0.25, -0.2) is 0 Å². The van der Waals surface area contributed by atoms with Crippen LogP contribution in [0.25, 0.3) is 0 Å². The third-order valence-corrected chi connectivity index (χ3v) is 5.70. The first-order valence-electron chi connectivity index (χ1n) is 10.00. The summed E-state index contributed by atoms with van der Waals surface area (Å²) < 4.78 is 26.4. The summed E-state index contributed by atoms with van der Waals surface area (Å²) in [6.45, 7) is -1.96. The molecule has 3 rings (SSSR count). The fourth-order valence-electron chi connectivity index (χ4n) is 3.78. The maximum absolute atomic E-state index is 10.2. The van der Waals surface area contributed by atoms with E-state index >= 15 is 0 Å². The Kier molecular flexibility index (Phi) is 8.75. The lowest BCUT2D eigenvalue weighted by Gasteiger charge is -2.30. The van der Waals surface area contributed by atoms with E-state index in [0.717, 1.165) is 0 Å². The van der Waals surface area contributed by atoms with Gasteiger partial charge < -0.3 is 74.7 Å². The number of rotatable bonds is 9. The maximum Gasteiger partial charge on any atom is 0.187 e. The van der Waals surface area contributed by atoms with Gasteiger partial charge in [0.05, 0.1) is 19.8 Å². The third-order valence-electron chi connectivity index (χ3n) is 5.70. The van der Waals surface area contributed by atoms with Gasteiger partial charge in [-0.3, -0.25) is 0 Å². The van der Waals surface area contributed by atoms with E-state index in [9.17, 15) is 46.0 Å². The molecule has 15 nitrogen and oxygen atoms in total. The molecule has 0 amide bonds. The molecule has 3 fully saturated rings. The molecular formula is C17H30O15. The average molecular weight is 474 g/mol. The molecule has 3 saturated heterocycles. The van der Waals surface area contributed by atoms with Crippen LogP contribution in [0.1, 0.15) is 0 Å². The predicted molar refractivity (Wildman–Crippen MR) is 95.2 cm³/mol. The van der Waals surface area contributed by atoms with Crippen molar-refractivity contribution in [3.05, 3.63) is 0 Å². The van der Waals surface area contributed by atoms with Gasteiger partial charge in [-0.2, -0.15) is 0 Å². The van der Waals surface area contributed by atoms with Gasteiger partial charge in [0, 0.05) is 0 Å². The van der Waals surface area contributed by atoms with E-state index < -0.39 is 106 Å². The maximum atomic E-state index is 10.2. The summed E-state index contributed by atoms with van der Waals surface area (Å²) in [5, 5.41) is 97.6. The Morgan fingerprint density at radius 2 is 1.31 bits per heavy atom. The molecule has 0 radical (unpaired) electrons. The highest BCUT2D eigenvalue weighted by Crippen LogP contribution is 2.30. The highest BCUT2D eigenvalue weighted by Gasteiger charge is 2.51. The molecule has 188 valence electrons. The van der Waals surface area contributed by atoms with Crippen molar-refractivity contribution in [3.63, 3.8) is 0 Å². The molecule has 10 N–H and O–H groups in total. The zero-order valence-corrected chi connectivity index (χ0v) is 16.7. The molecule has 0 unspecified atom stereocenters. The molecule has 0 spiro atoms. The summed E-state index contributed by atoms with van der Waals surface area (Å²) >= 11 is 0. The molecule has 0 aromatic carbocycles. The lowest BCUT2D eigenvalue weighted by Crippen LogP contribution is -2.47. The molecule has 0 bridgehead atoms. The fraction of sp³-hybridized carbons (Fsp3) is 1.00. The van der Waals surface area contributed by atoms with E-state index in [2.05, 4.69) is 0 Å². The van der Waals surface area contributed by atoms with Gasteiger partial charge in [0.25, 0.3) is 0 Å². The van der Waals surface area contributed by atoms with Crippen molar-refractivity contribution >= 4 is 0 Å². The van der Waals surface area contributed by atoms with E-state index in [1.54, 1.807) is 0 Å². The van der Waals surface area contributed by atoms with Crippen molar-refractivity contribution in [2.75, 3.05) is 19.8 Å². The monoisotopic (exact) mass is 474 g/mol. The molecule has 32 heavy (non-hydrogen) atoms. The van der Waals surface area contributed by atoms with Gasteiger partial charge >= 0.3 is 0 Å². The summed E-state index contributed by atoms with van der Waals surface area (Å²) in [5.41, 5.74) is 0. The molecule has 14 atom stereocenters. The number of ether oxygens (including phenoxy) is 5. The summed E-state index contributed by atoms with van der Waals surface area (Å²) in [7, 11) is 0. The first-order valence-corrected chi connectivity index (χ1v) is 10.00. The normalized spacial score (nSPS) is 48.9. The van der Waals surface area contributed by atoms with Crippen LogP contribution in [-0.4, -0.2) is 157 Å². The molecule has 0 aromatic rings. The van der Waals surface area contributed by atoms with E-state index in [1.807, 2.05) is 0 Å². The quantitative estimate of drug-likeness (QED) is 0.149. The van der Waals surface area contributed by atoms with Gasteiger partial charge in [0.15, 0.2) is 18.9 Å². The van der Waals surface area contributed by atoms with Crippen LogP contribution >= 0.6 is 0 Å². The Morgan fingerprint density at radius 1 is 0.688 bits per heavy atom.